The minimum Gasteiger partial charge on any atom is -0.382 e. The van der Waals surface area contributed by atoms with E-state index in [-0.39, 0.29) is 28.6 Å². The molecule has 0 radical (unpaired) electrons. The lowest BCUT2D eigenvalue weighted by molar-refractivity contribution is -0.385. The Hall–Kier alpha value is -1.76. The largest absolute Gasteiger partial charge is 0.382 e. The number of ether oxygens (including phenoxy) is 1. The first kappa shape index (κ1) is 15.6. The summed E-state index contributed by atoms with van der Waals surface area (Å²) in [5, 5.41) is 13.8. The van der Waals surface area contributed by atoms with E-state index in [2.05, 4.69) is 5.32 Å². The molecule has 0 amide bonds. The minimum atomic E-state index is -2.76. The minimum absolute atomic E-state index is 0.00714. The second-order valence-corrected chi connectivity index (χ2v) is 5.77. The summed E-state index contributed by atoms with van der Waals surface area (Å²) in [6.45, 7) is 4.46. The van der Waals surface area contributed by atoms with Crippen molar-refractivity contribution in [2.45, 2.75) is 44.8 Å². The van der Waals surface area contributed by atoms with Gasteiger partial charge in [-0.1, -0.05) is 0 Å². The first-order valence-corrected chi connectivity index (χ1v) is 6.75. The first-order chi connectivity index (χ1) is 9.78. The number of hydrogen-bond acceptors (Lipinski definition) is 4. The van der Waals surface area contributed by atoms with Gasteiger partial charge >= 0.3 is 0 Å². The van der Waals surface area contributed by atoms with E-state index in [1.165, 1.54) is 12.1 Å². The SMILES string of the molecule is CC1(C)CC(Nc2ccc([N+](=O)[O-])cc2C(F)F)CCO1. The van der Waals surface area contributed by atoms with Crippen molar-refractivity contribution in [2.75, 3.05) is 11.9 Å². The van der Waals surface area contributed by atoms with Gasteiger partial charge in [-0.25, -0.2) is 8.78 Å². The molecule has 21 heavy (non-hydrogen) atoms. The second-order valence-electron chi connectivity index (χ2n) is 5.77. The van der Waals surface area contributed by atoms with Crippen molar-refractivity contribution in [3.05, 3.63) is 33.9 Å². The number of hydrogen-bond donors (Lipinski definition) is 1. The van der Waals surface area contributed by atoms with Gasteiger partial charge < -0.3 is 10.1 Å². The van der Waals surface area contributed by atoms with Crippen LogP contribution in [0.1, 0.15) is 38.7 Å². The molecule has 1 atom stereocenters. The Morgan fingerprint density at radius 1 is 1.48 bits per heavy atom. The summed E-state index contributed by atoms with van der Waals surface area (Å²) in [6, 6.07) is 3.52. The lowest BCUT2D eigenvalue weighted by Crippen LogP contribution is -2.40. The fourth-order valence-corrected chi connectivity index (χ4v) is 2.55. The number of non-ortho nitro benzene ring substituents is 1. The summed E-state index contributed by atoms with van der Waals surface area (Å²) in [5.41, 5.74) is -0.725. The van der Waals surface area contributed by atoms with E-state index in [1.54, 1.807) is 0 Å². The van der Waals surface area contributed by atoms with Gasteiger partial charge in [0.15, 0.2) is 0 Å². The molecule has 2 rings (SSSR count). The lowest BCUT2D eigenvalue weighted by atomic mass is 9.93. The zero-order valence-corrected chi connectivity index (χ0v) is 11.9. The van der Waals surface area contributed by atoms with Crippen molar-refractivity contribution in [1.82, 2.24) is 0 Å². The molecular formula is C14H18F2N2O3. The molecule has 1 N–H and O–H groups in total. The molecule has 1 heterocycles. The van der Waals surface area contributed by atoms with Crippen LogP contribution in [0.15, 0.2) is 18.2 Å². The predicted octanol–water partition coefficient (Wildman–Crippen LogP) is 3.90. The average Bonchev–Trinajstić information content (AvgIpc) is 2.37. The van der Waals surface area contributed by atoms with Gasteiger partial charge in [0.05, 0.1) is 10.5 Å². The summed E-state index contributed by atoms with van der Waals surface area (Å²) < 4.78 is 31.8. The Kier molecular flexibility index (Phi) is 4.41. The van der Waals surface area contributed by atoms with Crippen LogP contribution in [-0.2, 0) is 4.74 Å². The number of benzene rings is 1. The van der Waals surface area contributed by atoms with Gasteiger partial charge in [-0.3, -0.25) is 10.1 Å². The summed E-state index contributed by atoms with van der Waals surface area (Å²) in [6.07, 6.45) is -1.37. The molecule has 1 aromatic carbocycles. The van der Waals surface area contributed by atoms with Gasteiger partial charge in [-0.15, -0.1) is 0 Å². The first-order valence-electron chi connectivity index (χ1n) is 6.75. The quantitative estimate of drug-likeness (QED) is 0.676. The molecule has 0 aliphatic carbocycles. The third kappa shape index (κ3) is 3.87. The molecule has 1 unspecified atom stereocenters. The fourth-order valence-electron chi connectivity index (χ4n) is 2.55. The van der Waals surface area contributed by atoms with Crippen molar-refractivity contribution >= 4 is 11.4 Å². The summed E-state index contributed by atoms with van der Waals surface area (Å²) in [5.74, 6) is 0. The Bertz CT molecular complexity index is 535. The van der Waals surface area contributed by atoms with Crippen LogP contribution in [0.5, 0.6) is 0 Å². The van der Waals surface area contributed by atoms with Crippen LogP contribution in [0.4, 0.5) is 20.2 Å². The number of anilines is 1. The molecule has 0 spiro atoms. The van der Waals surface area contributed by atoms with E-state index >= 15 is 0 Å². The predicted molar refractivity (Wildman–Crippen MR) is 74.7 cm³/mol. The highest BCUT2D eigenvalue weighted by Gasteiger charge is 2.29. The van der Waals surface area contributed by atoms with E-state index in [0.29, 0.717) is 19.4 Å². The topological polar surface area (TPSA) is 64.4 Å². The lowest BCUT2D eigenvalue weighted by Gasteiger charge is -2.36. The zero-order valence-electron chi connectivity index (χ0n) is 11.9. The van der Waals surface area contributed by atoms with Gasteiger partial charge in [-0.05, 0) is 32.8 Å². The number of nitrogens with one attached hydrogen (secondary N) is 1. The number of nitrogens with zero attached hydrogens (tertiary/aromatic N) is 1. The van der Waals surface area contributed by atoms with Crippen molar-refractivity contribution in [1.29, 1.82) is 0 Å². The Morgan fingerprint density at radius 2 is 2.19 bits per heavy atom. The molecule has 1 aliphatic rings. The Morgan fingerprint density at radius 3 is 2.76 bits per heavy atom. The summed E-state index contributed by atoms with van der Waals surface area (Å²) >= 11 is 0. The molecule has 7 heteroatoms. The smallest absolute Gasteiger partial charge is 0.270 e. The van der Waals surface area contributed by atoms with Crippen LogP contribution in [0, 0.1) is 10.1 Å². The average molecular weight is 300 g/mol. The van der Waals surface area contributed by atoms with Gasteiger partial charge in [0, 0.05) is 36.0 Å². The van der Waals surface area contributed by atoms with Gasteiger partial charge in [0.25, 0.3) is 12.1 Å². The molecule has 0 bridgehead atoms. The van der Waals surface area contributed by atoms with Crippen LogP contribution < -0.4 is 5.32 Å². The molecule has 1 fully saturated rings. The highest BCUT2D eigenvalue weighted by Crippen LogP contribution is 2.33. The van der Waals surface area contributed by atoms with Crippen molar-refractivity contribution in [3.8, 4) is 0 Å². The molecule has 1 aromatic rings. The number of nitro groups is 1. The maximum atomic E-state index is 13.1. The van der Waals surface area contributed by atoms with Crippen LogP contribution in [0.3, 0.4) is 0 Å². The Balaban J connectivity index is 2.21. The number of alkyl halides is 2. The second kappa shape index (κ2) is 5.93. The van der Waals surface area contributed by atoms with Gasteiger partial charge in [-0.2, -0.15) is 0 Å². The van der Waals surface area contributed by atoms with Crippen LogP contribution >= 0.6 is 0 Å². The van der Waals surface area contributed by atoms with E-state index in [0.717, 1.165) is 6.07 Å². The monoisotopic (exact) mass is 300 g/mol. The number of halogens is 2. The number of rotatable bonds is 4. The highest BCUT2D eigenvalue weighted by molar-refractivity contribution is 5.57. The number of nitro benzene ring substituents is 1. The highest BCUT2D eigenvalue weighted by atomic mass is 19.3. The molecular weight excluding hydrogens is 282 g/mol. The van der Waals surface area contributed by atoms with E-state index in [1.807, 2.05) is 13.8 Å². The molecule has 5 nitrogen and oxygen atoms in total. The maximum Gasteiger partial charge on any atom is 0.270 e. The van der Waals surface area contributed by atoms with E-state index < -0.39 is 11.3 Å². The standard InChI is InChI=1S/C14H18F2N2O3/c1-14(2)8-9(5-6-21-14)17-12-4-3-10(18(19)20)7-11(12)13(15)16/h3-4,7,9,13,17H,5-6,8H2,1-2H3. The maximum absolute atomic E-state index is 13.1. The van der Waals surface area contributed by atoms with E-state index in [9.17, 15) is 18.9 Å². The van der Waals surface area contributed by atoms with Gasteiger partial charge in [0.2, 0.25) is 0 Å². The normalized spacial score (nSPS) is 21.3. The molecule has 0 aromatic heterocycles. The van der Waals surface area contributed by atoms with Gasteiger partial charge in [0.1, 0.15) is 0 Å². The third-order valence-corrected chi connectivity index (χ3v) is 3.54. The van der Waals surface area contributed by atoms with Crippen molar-refractivity contribution in [3.63, 3.8) is 0 Å². The Labute approximate surface area is 121 Å². The fraction of sp³-hybridized carbons (Fsp3) is 0.571. The third-order valence-electron chi connectivity index (χ3n) is 3.54. The summed E-state index contributed by atoms with van der Waals surface area (Å²) in [7, 11) is 0. The van der Waals surface area contributed by atoms with Crippen LogP contribution in [0.25, 0.3) is 0 Å². The van der Waals surface area contributed by atoms with E-state index in [4.69, 9.17) is 4.74 Å². The van der Waals surface area contributed by atoms with Crippen molar-refractivity contribution in [2.24, 2.45) is 0 Å². The molecule has 0 saturated carbocycles. The van der Waals surface area contributed by atoms with Crippen molar-refractivity contribution < 1.29 is 18.4 Å². The zero-order chi connectivity index (χ0) is 15.6. The van der Waals surface area contributed by atoms with Crippen LogP contribution in [0.2, 0.25) is 0 Å². The summed E-state index contributed by atoms with van der Waals surface area (Å²) in [4.78, 5) is 10.0. The molecule has 1 aliphatic heterocycles. The molecule has 116 valence electrons. The molecule has 1 saturated heterocycles. The van der Waals surface area contributed by atoms with Crippen LogP contribution in [-0.4, -0.2) is 23.2 Å².